The maximum atomic E-state index is 12.6. The van der Waals surface area contributed by atoms with Gasteiger partial charge in [0.1, 0.15) is 5.25 Å². The number of hydrogen-bond donors (Lipinski definition) is 2. The van der Waals surface area contributed by atoms with E-state index >= 15 is 0 Å². The van der Waals surface area contributed by atoms with E-state index < -0.39 is 31.1 Å². The number of hydrogen-bond acceptors (Lipinski definition) is 6. The van der Waals surface area contributed by atoms with Gasteiger partial charge < -0.3 is 0 Å². The van der Waals surface area contributed by atoms with Gasteiger partial charge in [-0.1, -0.05) is 6.07 Å². The van der Waals surface area contributed by atoms with E-state index in [1.165, 1.54) is 22.3 Å². The van der Waals surface area contributed by atoms with Crippen molar-refractivity contribution in [2.45, 2.75) is 49.8 Å². The summed E-state index contributed by atoms with van der Waals surface area (Å²) in [5.74, 6) is 0.211. The molecule has 1 aromatic rings. The molecule has 0 bridgehead atoms. The Hall–Kier alpha value is -1.49. The van der Waals surface area contributed by atoms with Crippen LogP contribution in [-0.2, 0) is 45.5 Å². The van der Waals surface area contributed by atoms with Crippen LogP contribution < -0.4 is 10.0 Å². The quantitative estimate of drug-likeness (QED) is 0.656. The Balaban J connectivity index is 1.24. The van der Waals surface area contributed by atoms with Crippen LogP contribution in [0.3, 0.4) is 0 Å². The predicted octanol–water partition coefficient (Wildman–Crippen LogP) is -0.430. The Morgan fingerprint density at radius 1 is 1.03 bits per heavy atom. The van der Waals surface area contributed by atoms with Gasteiger partial charge in [-0.3, -0.25) is 10.2 Å². The van der Waals surface area contributed by atoms with Gasteiger partial charge in [-0.25, -0.2) is 13.2 Å². The summed E-state index contributed by atoms with van der Waals surface area (Å²) in [4.78, 5) is 14.5. The molecule has 8 nitrogen and oxygen atoms in total. The SMILES string of the molecule is O=C(Nc1c2c(cc3c1CCC3)CCC2)[NH2+]S(=O)(=O)C1CN(C2CS(=O)(=O)C2)C1. The second-order valence-electron chi connectivity index (χ2n) is 8.74. The number of sulfone groups is 1. The van der Waals surface area contributed by atoms with Gasteiger partial charge in [-0.2, -0.15) is 13.1 Å². The summed E-state index contributed by atoms with van der Waals surface area (Å²) in [6.07, 6.45) is 6.01. The number of urea groups is 1. The third-order valence-corrected chi connectivity index (χ3v) is 10.3. The molecule has 0 unspecified atom stereocenters. The van der Waals surface area contributed by atoms with Crippen molar-refractivity contribution in [3.63, 3.8) is 0 Å². The number of carbonyl (C=O) groups excluding carboxylic acids is 1. The molecule has 10 heteroatoms. The number of benzene rings is 1. The lowest BCUT2D eigenvalue weighted by Crippen LogP contribution is -2.95. The molecule has 5 rings (SSSR count). The van der Waals surface area contributed by atoms with Crippen molar-refractivity contribution in [2.75, 3.05) is 29.9 Å². The molecule has 0 atom stereocenters. The molecule has 2 fully saturated rings. The normalized spacial score (nSPS) is 23.9. The number of nitrogens with zero attached hydrogens (tertiary/aromatic N) is 1. The van der Waals surface area contributed by atoms with Gasteiger partial charge in [-0.15, -0.1) is 0 Å². The minimum atomic E-state index is -3.68. The molecule has 4 aliphatic rings. The van der Waals surface area contributed by atoms with Crippen molar-refractivity contribution >= 4 is 31.6 Å². The van der Waals surface area contributed by atoms with Crippen LogP contribution in [0.15, 0.2) is 6.07 Å². The molecule has 158 valence electrons. The average molecular weight is 441 g/mol. The summed E-state index contributed by atoms with van der Waals surface area (Å²) in [5, 5.41) is 2.27. The molecule has 2 amide bonds. The van der Waals surface area contributed by atoms with E-state index in [0.717, 1.165) is 48.9 Å². The minimum absolute atomic E-state index is 0.0743. The molecular formula is C19H26N3O5S2+. The highest BCUT2D eigenvalue weighted by Gasteiger charge is 2.48. The molecule has 2 aliphatic heterocycles. The van der Waals surface area contributed by atoms with Gasteiger partial charge in [-0.05, 0) is 60.8 Å². The minimum Gasteiger partial charge on any atom is -0.295 e. The van der Waals surface area contributed by atoms with Gasteiger partial charge in [0.05, 0.1) is 17.2 Å². The lowest BCUT2D eigenvalue weighted by molar-refractivity contribution is -0.381. The first-order valence-corrected chi connectivity index (χ1v) is 13.7. The van der Waals surface area contributed by atoms with Crippen molar-refractivity contribution in [1.29, 1.82) is 0 Å². The number of rotatable bonds is 4. The summed E-state index contributed by atoms with van der Waals surface area (Å²) in [5.41, 5.74) is 5.76. The highest BCUT2D eigenvalue weighted by atomic mass is 32.2. The van der Waals surface area contributed by atoms with Crippen LogP contribution in [0, 0.1) is 0 Å². The molecule has 0 saturated carbocycles. The number of amides is 2. The van der Waals surface area contributed by atoms with E-state index in [4.69, 9.17) is 0 Å². The van der Waals surface area contributed by atoms with Crippen LogP contribution in [0.1, 0.15) is 35.1 Å². The van der Waals surface area contributed by atoms with E-state index in [9.17, 15) is 21.6 Å². The average Bonchev–Trinajstić information content (AvgIpc) is 3.19. The highest BCUT2D eigenvalue weighted by Crippen LogP contribution is 2.38. The van der Waals surface area contributed by atoms with Crippen molar-refractivity contribution in [3.8, 4) is 0 Å². The summed E-state index contributed by atoms with van der Waals surface area (Å²) in [6.45, 7) is 0.588. The van der Waals surface area contributed by atoms with Gasteiger partial charge in [0, 0.05) is 19.1 Å². The number of fused-ring (bicyclic) bond motifs is 2. The molecule has 0 aromatic heterocycles. The highest BCUT2D eigenvalue weighted by molar-refractivity contribution is 7.92. The lowest BCUT2D eigenvalue weighted by atomic mass is 9.99. The number of primary amides is 1. The van der Waals surface area contributed by atoms with Gasteiger partial charge in [0.15, 0.2) is 9.84 Å². The Kier molecular flexibility index (Phi) is 4.54. The number of carbonyl (C=O) groups is 1. The van der Waals surface area contributed by atoms with E-state index in [2.05, 4.69) is 11.4 Å². The summed E-state index contributed by atoms with van der Waals surface area (Å²) in [6, 6.07) is 1.61. The number of quaternary nitrogens is 1. The van der Waals surface area contributed by atoms with Crippen LogP contribution >= 0.6 is 0 Å². The predicted molar refractivity (Wildman–Crippen MR) is 108 cm³/mol. The zero-order valence-electron chi connectivity index (χ0n) is 16.2. The maximum absolute atomic E-state index is 12.6. The Bertz CT molecular complexity index is 1050. The number of nitrogens with one attached hydrogen (secondary N) is 1. The van der Waals surface area contributed by atoms with Crippen LogP contribution in [0.25, 0.3) is 0 Å². The summed E-state index contributed by atoms with van der Waals surface area (Å²) >= 11 is 0. The summed E-state index contributed by atoms with van der Waals surface area (Å²) < 4.78 is 48.7. The fraction of sp³-hybridized carbons (Fsp3) is 0.632. The standard InChI is InChI=1S/C19H25N3O5S2/c23-19(20-18-16-5-1-3-12(16)7-13-4-2-6-17(13)18)21-29(26,27)15-8-22(9-15)14-10-28(24,25)11-14/h7,14-15H,1-6,8-11H2,(H2,20,21,23)/p+1. The zero-order valence-corrected chi connectivity index (χ0v) is 17.8. The van der Waals surface area contributed by atoms with Gasteiger partial charge in [0.2, 0.25) is 0 Å². The molecule has 2 heterocycles. The molecule has 0 spiro atoms. The third kappa shape index (κ3) is 3.49. The second-order valence-corrected chi connectivity index (χ2v) is 13.0. The number of sulfonamides is 1. The summed E-state index contributed by atoms with van der Waals surface area (Å²) in [7, 11) is -6.61. The third-order valence-electron chi connectivity index (χ3n) is 6.74. The fourth-order valence-corrected chi connectivity index (χ4v) is 7.93. The molecular weight excluding hydrogens is 414 g/mol. The largest absolute Gasteiger partial charge is 0.433 e. The topological polar surface area (TPSA) is 117 Å². The molecule has 3 N–H and O–H groups in total. The van der Waals surface area contributed by atoms with E-state index in [0.29, 0.717) is 13.1 Å². The maximum Gasteiger partial charge on any atom is 0.433 e. The molecule has 2 saturated heterocycles. The first-order chi connectivity index (χ1) is 13.7. The number of likely N-dealkylation sites (tertiary alicyclic amines) is 1. The molecule has 1 aromatic carbocycles. The van der Waals surface area contributed by atoms with Crippen molar-refractivity contribution in [1.82, 2.24) is 4.90 Å². The number of anilines is 1. The first-order valence-electron chi connectivity index (χ1n) is 10.2. The fourth-order valence-electron chi connectivity index (χ4n) is 5.09. The van der Waals surface area contributed by atoms with E-state index in [1.54, 1.807) is 0 Å². The van der Waals surface area contributed by atoms with Crippen molar-refractivity contribution < 1.29 is 26.4 Å². The Morgan fingerprint density at radius 3 is 2.17 bits per heavy atom. The first kappa shape index (κ1) is 19.5. The number of aryl methyl sites for hydroxylation is 2. The van der Waals surface area contributed by atoms with Crippen LogP contribution in [0.2, 0.25) is 0 Å². The smallest absolute Gasteiger partial charge is 0.295 e. The van der Waals surface area contributed by atoms with Gasteiger partial charge >= 0.3 is 16.1 Å². The van der Waals surface area contributed by atoms with E-state index in [1.807, 2.05) is 4.90 Å². The number of primary sulfonamides is 1. The van der Waals surface area contributed by atoms with Crippen LogP contribution in [0.5, 0.6) is 0 Å². The molecule has 0 radical (unpaired) electrons. The van der Waals surface area contributed by atoms with Crippen LogP contribution in [-0.4, -0.2) is 63.7 Å². The van der Waals surface area contributed by atoms with Crippen molar-refractivity contribution in [2.24, 2.45) is 0 Å². The Labute approximate surface area is 171 Å². The molecule has 29 heavy (non-hydrogen) atoms. The van der Waals surface area contributed by atoms with Crippen LogP contribution in [0.4, 0.5) is 10.5 Å². The zero-order chi connectivity index (χ0) is 20.4. The van der Waals surface area contributed by atoms with Gasteiger partial charge in [0.25, 0.3) is 0 Å². The lowest BCUT2D eigenvalue weighted by Gasteiger charge is -2.45. The monoisotopic (exact) mass is 440 g/mol. The van der Waals surface area contributed by atoms with Crippen molar-refractivity contribution in [3.05, 3.63) is 28.3 Å². The second kappa shape index (κ2) is 6.76. The van der Waals surface area contributed by atoms with E-state index in [-0.39, 0.29) is 17.5 Å². The molecule has 2 aliphatic carbocycles. The number of nitrogens with two attached hydrogens (primary N) is 1. The Morgan fingerprint density at radius 2 is 1.62 bits per heavy atom.